The Kier molecular flexibility index (Phi) is 4.33. The van der Waals surface area contributed by atoms with E-state index < -0.39 is 12.1 Å². The third-order valence-electron chi connectivity index (χ3n) is 3.38. The fraction of sp³-hybridized carbons (Fsp3) is 0.500. The Morgan fingerprint density at radius 1 is 1.44 bits per heavy atom. The van der Waals surface area contributed by atoms with Gasteiger partial charge < -0.3 is 9.84 Å². The summed E-state index contributed by atoms with van der Waals surface area (Å²) < 4.78 is 5.37. The van der Waals surface area contributed by atoms with Crippen LogP contribution in [0.4, 0.5) is 0 Å². The summed E-state index contributed by atoms with van der Waals surface area (Å²) in [5, 5.41) is 9.17. The van der Waals surface area contributed by atoms with Crippen molar-refractivity contribution < 1.29 is 14.6 Å². The summed E-state index contributed by atoms with van der Waals surface area (Å²) in [5.74, 6) is -0.861. The minimum atomic E-state index is -0.861. The van der Waals surface area contributed by atoms with E-state index in [2.05, 4.69) is 17.0 Å². The highest BCUT2D eigenvalue weighted by Gasteiger charge is 2.35. The van der Waals surface area contributed by atoms with Gasteiger partial charge in [-0.1, -0.05) is 37.3 Å². The summed E-state index contributed by atoms with van der Waals surface area (Å²) in [6.07, 6.45) is 0.0801. The van der Waals surface area contributed by atoms with Crippen LogP contribution in [0.2, 0.25) is 0 Å². The van der Waals surface area contributed by atoms with Crippen LogP contribution in [0.15, 0.2) is 30.3 Å². The number of rotatable bonds is 4. The van der Waals surface area contributed by atoms with Crippen LogP contribution in [0, 0.1) is 0 Å². The van der Waals surface area contributed by atoms with Gasteiger partial charge in [-0.2, -0.15) is 0 Å². The minimum absolute atomic E-state index is 0.0449. The number of hydrogen-bond donors (Lipinski definition) is 1. The molecule has 1 aliphatic rings. The van der Waals surface area contributed by atoms with Crippen molar-refractivity contribution in [3.8, 4) is 0 Å². The van der Waals surface area contributed by atoms with Gasteiger partial charge in [-0.05, 0) is 12.0 Å². The lowest BCUT2D eigenvalue weighted by molar-refractivity contribution is -0.163. The monoisotopic (exact) mass is 249 g/mol. The molecule has 0 bridgehead atoms. The van der Waals surface area contributed by atoms with Gasteiger partial charge in [0.1, 0.15) is 0 Å². The Hall–Kier alpha value is -1.39. The zero-order chi connectivity index (χ0) is 13.0. The number of carboxylic acid groups (broad SMARTS) is 1. The molecule has 1 N–H and O–H groups in total. The average Bonchev–Trinajstić information content (AvgIpc) is 2.39. The Morgan fingerprint density at radius 3 is 2.78 bits per heavy atom. The van der Waals surface area contributed by atoms with Gasteiger partial charge in [0.2, 0.25) is 0 Å². The summed E-state index contributed by atoms with van der Waals surface area (Å²) in [4.78, 5) is 13.4. The molecule has 4 heteroatoms. The van der Waals surface area contributed by atoms with E-state index in [4.69, 9.17) is 4.74 Å². The van der Waals surface area contributed by atoms with Crippen molar-refractivity contribution in [3.05, 3.63) is 35.9 Å². The number of carboxylic acids is 1. The molecule has 18 heavy (non-hydrogen) atoms. The van der Waals surface area contributed by atoms with Crippen molar-refractivity contribution >= 4 is 5.97 Å². The topological polar surface area (TPSA) is 49.8 Å². The smallest absolute Gasteiger partial charge is 0.334 e. The predicted octanol–water partition coefficient (Wildman–Crippen LogP) is 1.75. The van der Waals surface area contributed by atoms with E-state index in [1.165, 1.54) is 5.56 Å². The lowest BCUT2D eigenvalue weighted by Crippen LogP contribution is -2.53. The summed E-state index contributed by atoms with van der Waals surface area (Å²) >= 11 is 0. The quantitative estimate of drug-likeness (QED) is 0.883. The maximum Gasteiger partial charge on any atom is 0.334 e. The van der Waals surface area contributed by atoms with E-state index in [1.807, 2.05) is 25.1 Å². The van der Waals surface area contributed by atoms with Crippen LogP contribution in [0.3, 0.4) is 0 Å². The molecule has 0 aromatic heterocycles. The molecule has 0 aliphatic carbocycles. The molecule has 0 radical (unpaired) electrons. The lowest BCUT2D eigenvalue weighted by atomic mass is 10.0. The Bertz CT molecular complexity index is 393. The van der Waals surface area contributed by atoms with Crippen molar-refractivity contribution in [2.75, 3.05) is 13.2 Å². The van der Waals surface area contributed by atoms with Gasteiger partial charge in [-0.15, -0.1) is 0 Å². The highest BCUT2D eigenvalue weighted by Crippen LogP contribution is 2.20. The molecule has 4 nitrogen and oxygen atoms in total. The molecule has 1 aliphatic heterocycles. The molecule has 0 saturated carbocycles. The summed E-state index contributed by atoms with van der Waals surface area (Å²) in [7, 11) is 0. The molecular weight excluding hydrogens is 230 g/mol. The number of nitrogens with zero attached hydrogens (tertiary/aromatic N) is 1. The van der Waals surface area contributed by atoms with Crippen LogP contribution >= 0.6 is 0 Å². The van der Waals surface area contributed by atoms with E-state index in [0.29, 0.717) is 6.61 Å². The van der Waals surface area contributed by atoms with E-state index >= 15 is 0 Å². The zero-order valence-electron chi connectivity index (χ0n) is 10.6. The normalized spacial score (nSPS) is 24.9. The van der Waals surface area contributed by atoms with Crippen molar-refractivity contribution in [1.29, 1.82) is 0 Å². The van der Waals surface area contributed by atoms with Crippen molar-refractivity contribution in [1.82, 2.24) is 4.90 Å². The molecule has 0 unspecified atom stereocenters. The number of carbonyl (C=O) groups is 1. The van der Waals surface area contributed by atoms with E-state index in [9.17, 15) is 9.90 Å². The molecule has 1 heterocycles. The fourth-order valence-electron chi connectivity index (χ4n) is 2.49. The van der Waals surface area contributed by atoms with Crippen molar-refractivity contribution in [2.45, 2.75) is 32.0 Å². The molecule has 1 saturated heterocycles. The van der Waals surface area contributed by atoms with Gasteiger partial charge in [0.05, 0.1) is 6.61 Å². The second kappa shape index (κ2) is 5.98. The Morgan fingerprint density at radius 2 is 2.17 bits per heavy atom. The molecule has 0 spiro atoms. The summed E-state index contributed by atoms with van der Waals surface area (Å²) in [6.45, 7) is 4.07. The predicted molar refractivity (Wildman–Crippen MR) is 68.3 cm³/mol. The molecule has 2 atom stereocenters. The van der Waals surface area contributed by atoms with Crippen LogP contribution in [0.5, 0.6) is 0 Å². The lowest BCUT2D eigenvalue weighted by Gasteiger charge is -2.39. The number of hydrogen-bond acceptors (Lipinski definition) is 3. The van der Waals surface area contributed by atoms with E-state index in [1.54, 1.807) is 0 Å². The maximum absolute atomic E-state index is 11.2. The van der Waals surface area contributed by atoms with E-state index in [0.717, 1.165) is 19.5 Å². The van der Waals surface area contributed by atoms with E-state index in [-0.39, 0.29) is 6.04 Å². The third-order valence-corrected chi connectivity index (χ3v) is 3.38. The number of morpholine rings is 1. The first-order valence-corrected chi connectivity index (χ1v) is 6.34. The molecule has 0 amide bonds. The number of benzene rings is 1. The van der Waals surface area contributed by atoms with Crippen LogP contribution < -0.4 is 0 Å². The minimum Gasteiger partial charge on any atom is -0.479 e. The first kappa shape index (κ1) is 13.1. The standard InChI is InChI=1S/C14H19NO3/c1-2-12-13(14(16)17)18-9-8-15(12)10-11-6-4-3-5-7-11/h3-7,12-13H,2,8-10H2,1H3,(H,16,17)/t12-,13+/m0/s1. The van der Waals surface area contributed by atoms with Gasteiger partial charge in [0.15, 0.2) is 6.10 Å². The average molecular weight is 249 g/mol. The zero-order valence-corrected chi connectivity index (χ0v) is 10.6. The first-order chi connectivity index (χ1) is 8.72. The second-order valence-electron chi connectivity index (χ2n) is 4.56. The van der Waals surface area contributed by atoms with Gasteiger partial charge >= 0.3 is 5.97 Å². The largest absolute Gasteiger partial charge is 0.479 e. The van der Waals surface area contributed by atoms with Crippen molar-refractivity contribution in [2.24, 2.45) is 0 Å². The maximum atomic E-state index is 11.2. The van der Waals surface area contributed by atoms with Gasteiger partial charge in [0.25, 0.3) is 0 Å². The highest BCUT2D eigenvalue weighted by molar-refractivity contribution is 5.73. The molecule has 98 valence electrons. The van der Waals surface area contributed by atoms with Crippen molar-refractivity contribution in [3.63, 3.8) is 0 Å². The van der Waals surface area contributed by atoms with Gasteiger partial charge in [-0.25, -0.2) is 4.79 Å². The van der Waals surface area contributed by atoms with Crippen LogP contribution in [0.1, 0.15) is 18.9 Å². The molecule has 1 aromatic carbocycles. The second-order valence-corrected chi connectivity index (χ2v) is 4.56. The first-order valence-electron chi connectivity index (χ1n) is 6.34. The highest BCUT2D eigenvalue weighted by atomic mass is 16.5. The molecule has 1 fully saturated rings. The Balaban J connectivity index is 2.08. The third kappa shape index (κ3) is 2.89. The van der Waals surface area contributed by atoms with Gasteiger partial charge in [0, 0.05) is 19.1 Å². The van der Waals surface area contributed by atoms with Gasteiger partial charge in [-0.3, -0.25) is 4.90 Å². The molecular formula is C14H19NO3. The Labute approximate surface area is 107 Å². The fourth-order valence-corrected chi connectivity index (χ4v) is 2.49. The van der Waals surface area contributed by atoms with Crippen LogP contribution in [-0.4, -0.2) is 41.3 Å². The molecule has 2 rings (SSSR count). The van der Waals surface area contributed by atoms with Crippen LogP contribution in [-0.2, 0) is 16.1 Å². The number of aliphatic carboxylic acids is 1. The SMILES string of the molecule is CC[C@H]1[C@H](C(=O)O)OCCN1Cc1ccccc1. The molecule has 1 aromatic rings. The number of ether oxygens (including phenoxy) is 1. The summed E-state index contributed by atoms with van der Waals surface area (Å²) in [6, 6.07) is 10.1. The summed E-state index contributed by atoms with van der Waals surface area (Å²) in [5.41, 5.74) is 1.21. The van der Waals surface area contributed by atoms with Crippen LogP contribution in [0.25, 0.3) is 0 Å².